The molecule has 2 N–H and O–H groups in total. The van der Waals surface area contributed by atoms with Gasteiger partial charge in [0.05, 0.1) is 12.2 Å². The zero-order valence-electron chi connectivity index (χ0n) is 21.7. The van der Waals surface area contributed by atoms with Crippen LogP contribution in [0.15, 0.2) is 64.2 Å². The van der Waals surface area contributed by atoms with Gasteiger partial charge in [-0.15, -0.1) is 0 Å². The number of aliphatic hydroxyl groups excluding tert-OH is 2. The van der Waals surface area contributed by atoms with Crippen molar-refractivity contribution in [3.05, 3.63) is 59.3 Å². The van der Waals surface area contributed by atoms with Crippen molar-refractivity contribution in [2.45, 2.75) is 91.8 Å². The predicted molar refractivity (Wildman–Crippen MR) is 140 cm³/mol. The van der Waals surface area contributed by atoms with Crippen molar-refractivity contribution in [3.8, 4) is 0 Å². The van der Waals surface area contributed by atoms with Crippen LogP contribution in [0, 0.1) is 22.7 Å². The standard InChI is InChI=1S/C30H45NO2/c1-20(10-8-12-28(31-7)29(3,4)5)25-15-16-26-22(11-9-17-30(25,26)6)13-14-23-18-24(32)19-27(33)21(23)2/h8,12-15,20,24,26-27,32-33H,2,9-11,16-19H2,1,3-7H3/b12-8+,22-13+,23-14-,31-28+/t20-,24+,26-,27-,30+/m0/s1. The molecule has 3 aliphatic rings. The molecule has 2 saturated carbocycles. The molecule has 3 aliphatic carbocycles. The van der Waals surface area contributed by atoms with Crippen molar-refractivity contribution >= 4 is 5.71 Å². The highest BCUT2D eigenvalue weighted by molar-refractivity contribution is 5.98. The topological polar surface area (TPSA) is 52.8 Å². The molecular formula is C30H45NO2. The molecule has 0 heterocycles. The van der Waals surface area contributed by atoms with Crippen LogP contribution in [0.25, 0.3) is 0 Å². The normalized spacial score (nSPS) is 34.8. The van der Waals surface area contributed by atoms with E-state index in [4.69, 9.17) is 0 Å². The lowest BCUT2D eigenvalue weighted by molar-refractivity contribution is 0.0862. The molecule has 0 aromatic carbocycles. The summed E-state index contributed by atoms with van der Waals surface area (Å²) in [7, 11) is 1.88. The maximum absolute atomic E-state index is 10.2. The van der Waals surface area contributed by atoms with E-state index >= 15 is 0 Å². The van der Waals surface area contributed by atoms with Gasteiger partial charge in [0.2, 0.25) is 0 Å². The monoisotopic (exact) mass is 451 g/mol. The summed E-state index contributed by atoms with van der Waals surface area (Å²) in [4.78, 5) is 4.48. The summed E-state index contributed by atoms with van der Waals surface area (Å²) < 4.78 is 0. The number of fused-ring (bicyclic) bond motifs is 1. The summed E-state index contributed by atoms with van der Waals surface area (Å²) in [5, 5.41) is 20.2. The van der Waals surface area contributed by atoms with Crippen LogP contribution in [0.3, 0.4) is 0 Å². The summed E-state index contributed by atoms with van der Waals surface area (Å²) in [6, 6.07) is 0. The Balaban J connectivity index is 1.73. The molecule has 0 aromatic heterocycles. The average Bonchev–Trinajstić information content (AvgIpc) is 3.09. The summed E-state index contributed by atoms with van der Waals surface area (Å²) in [6.07, 6.45) is 17.1. The van der Waals surface area contributed by atoms with Crippen LogP contribution in [0.2, 0.25) is 0 Å². The minimum atomic E-state index is -0.625. The molecule has 0 radical (unpaired) electrons. The van der Waals surface area contributed by atoms with Crippen LogP contribution in [-0.2, 0) is 0 Å². The van der Waals surface area contributed by atoms with Crippen LogP contribution < -0.4 is 0 Å². The highest BCUT2D eigenvalue weighted by Crippen LogP contribution is 2.57. The third kappa shape index (κ3) is 5.69. The lowest BCUT2D eigenvalue weighted by atomic mass is 9.62. The Kier molecular flexibility index (Phi) is 8.07. The van der Waals surface area contributed by atoms with Crippen LogP contribution in [0.1, 0.15) is 79.6 Å². The zero-order chi connectivity index (χ0) is 24.4. The second-order valence-corrected chi connectivity index (χ2v) is 11.7. The maximum Gasteiger partial charge on any atom is 0.0811 e. The van der Waals surface area contributed by atoms with Crippen LogP contribution in [0.5, 0.6) is 0 Å². The van der Waals surface area contributed by atoms with E-state index in [9.17, 15) is 10.2 Å². The second-order valence-electron chi connectivity index (χ2n) is 11.7. The molecule has 0 spiro atoms. The van der Waals surface area contributed by atoms with Gasteiger partial charge < -0.3 is 10.2 Å². The Morgan fingerprint density at radius 2 is 2.03 bits per heavy atom. The first-order chi connectivity index (χ1) is 15.5. The number of hydrogen-bond acceptors (Lipinski definition) is 3. The van der Waals surface area contributed by atoms with Gasteiger partial charge in [0, 0.05) is 24.6 Å². The summed E-state index contributed by atoms with van der Waals surface area (Å²) >= 11 is 0. The lowest BCUT2D eigenvalue weighted by Crippen LogP contribution is -2.32. The third-order valence-electron chi connectivity index (χ3n) is 8.18. The molecule has 0 aliphatic heterocycles. The van der Waals surface area contributed by atoms with Crippen molar-refractivity contribution in [2.24, 2.45) is 27.7 Å². The summed E-state index contributed by atoms with van der Waals surface area (Å²) in [6.45, 7) is 15.5. The van der Waals surface area contributed by atoms with Gasteiger partial charge in [-0.05, 0) is 73.0 Å². The molecule has 33 heavy (non-hydrogen) atoms. The van der Waals surface area contributed by atoms with E-state index in [2.05, 4.69) is 76.6 Å². The Labute approximate surface area is 201 Å². The van der Waals surface area contributed by atoms with E-state index < -0.39 is 12.2 Å². The Morgan fingerprint density at radius 1 is 1.30 bits per heavy atom. The highest BCUT2D eigenvalue weighted by Gasteiger charge is 2.45. The summed E-state index contributed by atoms with van der Waals surface area (Å²) in [5.74, 6) is 1.08. The first-order valence-corrected chi connectivity index (χ1v) is 12.8. The lowest BCUT2D eigenvalue weighted by Gasteiger charge is -2.42. The molecule has 3 heteroatoms. The number of nitrogens with zero attached hydrogens (tertiary/aromatic N) is 1. The minimum Gasteiger partial charge on any atom is -0.393 e. The number of allylic oxidation sites excluding steroid dienone is 7. The average molecular weight is 452 g/mol. The Bertz CT molecular complexity index is 895. The van der Waals surface area contributed by atoms with Crippen LogP contribution in [-0.4, -0.2) is 35.2 Å². The second kappa shape index (κ2) is 10.3. The van der Waals surface area contributed by atoms with Gasteiger partial charge in [-0.1, -0.05) is 76.6 Å². The molecule has 182 valence electrons. The molecular weight excluding hydrogens is 406 g/mol. The van der Waals surface area contributed by atoms with Gasteiger partial charge >= 0.3 is 0 Å². The van der Waals surface area contributed by atoms with Crippen molar-refractivity contribution in [1.82, 2.24) is 0 Å². The highest BCUT2D eigenvalue weighted by atomic mass is 16.3. The van der Waals surface area contributed by atoms with Crippen molar-refractivity contribution in [2.75, 3.05) is 7.05 Å². The van der Waals surface area contributed by atoms with Crippen LogP contribution >= 0.6 is 0 Å². The van der Waals surface area contributed by atoms with Gasteiger partial charge in [0.1, 0.15) is 0 Å². The maximum atomic E-state index is 10.2. The molecule has 5 atom stereocenters. The van der Waals surface area contributed by atoms with Gasteiger partial charge in [-0.3, -0.25) is 4.99 Å². The first-order valence-electron chi connectivity index (χ1n) is 12.8. The van der Waals surface area contributed by atoms with Crippen molar-refractivity contribution in [3.63, 3.8) is 0 Å². The van der Waals surface area contributed by atoms with E-state index in [1.54, 1.807) is 5.57 Å². The van der Waals surface area contributed by atoms with E-state index in [1.807, 2.05) is 7.05 Å². The molecule has 0 unspecified atom stereocenters. The number of aliphatic hydroxyl groups is 2. The molecule has 0 aromatic rings. The molecule has 0 amide bonds. The number of rotatable bonds is 5. The van der Waals surface area contributed by atoms with E-state index in [0.717, 1.165) is 36.1 Å². The number of aliphatic imine (C=N–C) groups is 1. The SMILES string of the molecule is C=C1/C(=C\C=C2/CCC[C@]3(C)C([C@@H](C)C/C=C/C(=N\C)C(C)(C)C)=CC[C@@H]23)C[C@@H](O)C[C@@H]1O. The van der Waals surface area contributed by atoms with Crippen molar-refractivity contribution in [1.29, 1.82) is 0 Å². The van der Waals surface area contributed by atoms with Crippen LogP contribution in [0.4, 0.5) is 0 Å². The zero-order valence-corrected chi connectivity index (χ0v) is 21.7. The van der Waals surface area contributed by atoms with Gasteiger partial charge in [-0.2, -0.15) is 0 Å². The van der Waals surface area contributed by atoms with Gasteiger partial charge in [0.15, 0.2) is 0 Å². The van der Waals surface area contributed by atoms with E-state index in [1.165, 1.54) is 18.4 Å². The predicted octanol–water partition coefficient (Wildman–Crippen LogP) is 6.75. The molecule has 3 rings (SSSR count). The van der Waals surface area contributed by atoms with E-state index in [-0.39, 0.29) is 10.8 Å². The first kappa shape index (κ1) is 25.9. The third-order valence-corrected chi connectivity index (χ3v) is 8.18. The fourth-order valence-electron chi connectivity index (χ4n) is 6.25. The molecule has 2 fully saturated rings. The van der Waals surface area contributed by atoms with Gasteiger partial charge in [-0.25, -0.2) is 0 Å². The van der Waals surface area contributed by atoms with Crippen molar-refractivity contribution < 1.29 is 10.2 Å². The Hall–Kier alpha value is -1.71. The Morgan fingerprint density at radius 3 is 2.70 bits per heavy atom. The smallest absolute Gasteiger partial charge is 0.0811 e. The fraction of sp³-hybridized carbons (Fsp3) is 0.633. The molecule has 0 saturated heterocycles. The number of hydrogen-bond donors (Lipinski definition) is 2. The quantitative estimate of drug-likeness (QED) is 0.359. The van der Waals surface area contributed by atoms with E-state index in [0.29, 0.717) is 24.7 Å². The minimum absolute atomic E-state index is 0.0749. The summed E-state index contributed by atoms with van der Waals surface area (Å²) in [5.41, 5.74) is 6.35. The largest absolute Gasteiger partial charge is 0.393 e. The fourth-order valence-corrected chi connectivity index (χ4v) is 6.25. The molecule has 3 nitrogen and oxygen atoms in total. The van der Waals surface area contributed by atoms with Gasteiger partial charge in [0.25, 0.3) is 0 Å². The molecule has 0 bridgehead atoms.